The number of hydrogen-bond donors (Lipinski definition) is 3. The number of nitrogen functional groups attached to an aromatic ring is 1. The highest BCUT2D eigenvalue weighted by Crippen LogP contribution is 2.35. The highest BCUT2D eigenvalue weighted by Gasteiger charge is 2.22. The number of nitrogens with two attached hydrogens (primary N) is 1. The van der Waals surface area contributed by atoms with E-state index >= 15 is 0 Å². The van der Waals surface area contributed by atoms with Gasteiger partial charge in [0.2, 0.25) is 12.7 Å². The lowest BCUT2D eigenvalue weighted by molar-refractivity contribution is -0.123. The lowest BCUT2D eigenvalue weighted by atomic mass is 10.1. The van der Waals surface area contributed by atoms with Gasteiger partial charge in [0.15, 0.2) is 11.5 Å². The molecule has 1 aliphatic heterocycles. The van der Waals surface area contributed by atoms with Gasteiger partial charge in [-0.15, -0.1) is 0 Å². The first kappa shape index (κ1) is 15.0. The zero-order valence-electron chi connectivity index (χ0n) is 12.2. The Hall–Kier alpha value is -2.44. The monoisotopic (exact) mass is 293 g/mol. The van der Waals surface area contributed by atoms with Crippen molar-refractivity contribution in [1.82, 2.24) is 10.6 Å². The van der Waals surface area contributed by atoms with Gasteiger partial charge in [0.25, 0.3) is 5.91 Å². The number of rotatable bonds is 4. The Labute approximate surface area is 122 Å². The molecule has 0 fully saturated rings. The van der Waals surface area contributed by atoms with Crippen molar-refractivity contribution >= 4 is 17.5 Å². The van der Waals surface area contributed by atoms with Crippen LogP contribution in [0.4, 0.5) is 5.69 Å². The molecule has 0 radical (unpaired) electrons. The Bertz CT molecular complexity index is 572. The van der Waals surface area contributed by atoms with E-state index in [1.54, 1.807) is 6.92 Å². The second-order valence-electron chi connectivity index (χ2n) is 5.15. The van der Waals surface area contributed by atoms with Gasteiger partial charge in [-0.3, -0.25) is 9.59 Å². The summed E-state index contributed by atoms with van der Waals surface area (Å²) in [5.41, 5.74) is 6.35. The zero-order chi connectivity index (χ0) is 15.6. The molecule has 1 atom stereocenters. The van der Waals surface area contributed by atoms with Crippen molar-refractivity contribution in [2.45, 2.75) is 32.9 Å². The number of carbonyl (C=O) groups excluding carboxylic acids is 2. The number of amides is 2. The number of anilines is 1. The molecule has 0 aromatic heterocycles. The van der Waals surface area contributed by atoms with Crippen molar-refractivity contribution in [3.8, 4) is 11.5 Å². The highest BCUT2D eigenvalue weighted by atomic mass is 16.7. The molecule has 0 spiro atoms. The maximum atomic E-state index is 12.2. The van der Waals surface area contributed by atoms with Crippen LogP contribution in [-0.4, -0.2) is 30.7 Å². The maximum Gasteiger partial charge on any atom is 0.254 e. The van der Waals surface area contributed by atoms with Gasteiger partial charge in [-0.2, -0.15) is 0 Å². The molecule has 0 saturated carbocycles. The van der Waals surface area contributed by atoms with Crippen LogP contribution in [0.25, 0.3) is 0 Å². The Morgan fingerprint density at radius 2 is 1.76 bits per heavy atom. The summed E-state index contributed by atoms with van der Waals surface area (Å²) in [4.78, 5) is 24.0. The smallest absolute Gasteiger partial charge is 0.254 e. The summed E-state index contributed by atoms with van der Waals surface area (Å²) in [7, 11) is 0. The molecule has 1 aliphatic rings. The molecule has 21 heavy (non-hydrogen) atoms. The second kappa shape index (κ2) is 5.90. The summed E-state index contributed by atoms with van der Waals surface area (Å²) in [5, 5.41) is 5.33. The Morgan fingerprint density at radius 1 is 1.14 bits per heavy atom. The molecule has 4 N–H and O–H groups in total. The molecule has 1 aromatic carbocycles. The number of benzene rings is 1. The molecule has 2 rings (SSSR count). The van der Waals surface area contributed by atoms with E-state index in [9.17, 15) is 9.59 Å². The standard InChI is InChI=1S/C14H19N3O4/c1-7(2)16-13(18)8(3)17-14(19)9-4-11-12(5-10(9)15)21-6-20-11/h4-5,7-8H,6,15H2,1-3H3,(H,16,18)(H,17,19). The summed E-state index contributed by atoms with van der Waals surface area (Å²) in [6, 6.07) is 2.40. The van der Waals surface area contributed by atoms with E-state index in [4.69, 9.17) is 15.2 Å². The summed E-state index contributed by atoms with van der Waals surface area (Å²) in [6.45, 7) is 5.41. The number of hydrogen-bond acceptors (Lipinski definition) is 5. The van der Waals surface area contributed by atoms with Gasteiger partial charge in [0.05, 0.1) is 5.56 Å². The molecule has 1 unspecified atom stereocenters. The fourth-order valence-electron chi connectivity index (χ4n) is 1.90. The van der Waals surface area contributed by atoms with E-state index in [1.165, 1.54) is 12.1 Å². The van der Waals surface area contributed by atoms with E-state index < -0.39 is 11.9 Å². The van der Waals surface area contributed by atoms with Gasteiger partial charge in [0.1, 0.15) is 6.04 Å². The van der Waals surface area contributed by atoms with E-state index in [1.807, 2.05) is 13.8 Å². The molecule has 7 nitrogen and oxygen atoms in total. The topological polar surface area (TPSA) is 103 Å². The van der Waals surface area contributed by atoms with E-state index in [0.29, 0.717) is 11.5 Å². The Kier molecular flexibility index (Phi) is 4.21. The summed E-state index contributed by atoms with van der Waals surface area (Å²) < 4.78 is 10.4. The number of nitrogens with one attached hydrogen (secondary N) is 2. The quantitative estimate of drug-likeness (QED) is 0.707. The van der Waals surface area contributed by atoms with Crippen LogP contribution in [0.5, 0.6) is 11.5 Å². The summed E-state index contributed by atoms with van der Waals surface area (Å²) >= 11 is 0. The van der Waals surface area contributed by atoms with Gasteiger partial charge in [-0.25, -0.2) is 0 Å². The van der Waals surface area contributed by atoms with E-state index in [0.717, 1.165) is 0 Å². The number of carbonyl (C=O) groups is 2. The summed E-state index contributed by atoms with van der Waals surface area (Å²) in [6.07, 6.45) is 0. The fourth-order valence-corrected chi connectivity index (χ4v) is 1.90. The predicted octanol–water partition coefficient (Wildman–Crippen LogP) is 0.640. The van der Waals surface area contributed by atoms with Crippen LogP contribution in [-0.2, 0) is 4.79 Å². The fraction of sp³-hybridized carbons (Fsp3) is 0.429. The lowest BCUT2D eigenvalue weighted by Crippen LogP contribution is -2.46. The maximum absolute atomic E-state index is 12.2. The van der Waals surface area contributed by atoms with Crippen molar-refractivity contribution < 1.29 is 19.1 Å². The molecule has 114 valence electrons. The third-order valence-corrected chi connectivity index (χ3v) is 2.96. The van der Waals surface area contributed by atoms with Crippen LogP contribution in [0, 0.1) is 0 Å². The predicted molar refractivity (Wildman–Crippen MR) is 77.2 cm³/mol. The van der Waals surface area contributed by atoms with Crippen LogP contribution in [0.15, 0.2) is 12.1 Å². The average molecular weight is 293 g/mol. The second-order valence-corrected chi connectivity index (χ2v) is 5.15. The SMILES string of the molecule is CC(C)NC(=O)C(C)NC(=O)c1cc2c(cc1N)OCO2. The van der Waals surface area contributed by atoms with Gasteiger partial charge >= 0.3 is 0 Å². The highest BCUT2D eigenvalue weighted by molar-refractivity contribution is 6.02. The van der Waals surface area contributed by atoms with Gasteiger partial charge in [0, 0.05) is 17.8 Å². The van der Waals surface area contributed by atoms with Gasteiger partial charge < -0.3 is 25.8 Å². The van der Waals surface area contributed by atoms with Crippen molar-refractivity contribution in [1.29, 1.82) is 0 Å². The van der Waals surface area contributed by atoms with Crippen LogP contribution in [0.2, 0.25) is 0 Å². The third kappa shape index (κ3) is 3.36. The van der Waals surface area contributed by atoms with Crippen LogP contribution < -0.4 is 25.8 Å². The Balaban J connectivity index is 2.08. The van der Waals surface area contributed by atoms with Crippen molar-refractivity contribution in [3.63, 3.8) is 0 Å². The van der Waals surface area contributed by atoms with Gasteiger partial charge in [-0.1, -0.05) is 0 Å². The van der Waals surface area contributed by atoms with Crippen LogP contribution in [0.1, 0.15) is 31.1 Å². The summed E-state index contributed by atoms with van der Waals surface area (Å²) in [5.74, 6) is 0.290. The molecule has 7 heteroatoms. The normalized spacial score (nSPS) is 13.9. The molecule has 0 saturated heterocycles. The number of fused-ring (bicyclic) bond motifs is 1. The first-order valence-corrected chi connectivity index (χ1v) is 6.69. The van der Waals surface area contributed by atoms with E-state index in [-0.39, 0.29) is 30.0 Å². The zero-order valence-corrected chi connectivity index (χ0v) is 12.2. The molecule has 1 heterocycles. The Morgan fingerprint density at radius 3 is 2.38 bits per heavy atom. The number of ether oxygens (including phenoxy) is 2. The van der Waals surface area contributed by atoms with Crippen molar-refractivity contribution in [2.24, 2.45) is 0 Å². The van der Waals surface area contributed by atoms with E-state index in [2.05, 4.69) is 10.6 Å². The first-order chi connectivity index (χ1) is 9.88. The molecule has 0 bridgehead atoms. The van der Waals surface area contributed by atoms with Crippen molar-refractivity contribution in [2.75, 3.05) is 12.5 Å². The third-order valence-electron chi connectivity index (χ3n) is 2.96. The minimum Gasteiger partial charge on any atom is -0.454 e. The minimum absolute atomic E-state index is 0.00691. The van der Waals surface area contributed by atoms with Crippen LogP contribution in [0.3, 0.4) is 0 Å². The largest absolute Gasteiger partial charge is 0.454 e. The van der Waals surface area contributed by atoms with Gasteiger partial charge in [-0.05, 0) is 26.8 Å². The minimum atomic E-state index is -0.662. The average Bonchev–Trinajstić information content (AvgIpc) is 2.83. The molecular weight excluding hydrogens is 274 g/mol. The lowest BCUT2D eigenvalue weighted by Gasteiger charge is -2.16. The molecular formula is C14H19N3O4. The molecule has 1 aromatic rings. The molecule has 2 amide bonds. The first-order valence-electron chi connectivity index (χ1n) is 6.69. The molecule has 0 aliphatic carbocycles. The van der Waals surface area contributed by atoms with Crippen molar-refractivity contribution in [3.05, 3.63) is 17.7 Å². The van der Waals surface area contributed by atoms with Crippen LogP contribution >= 0.6 is 0 Å².